The number of aromatic nitrogens is 2. The largest absolute Gasteiger partial charge is 0.454 e. The maximum absolute atomic E-state index is 12.7. The van der Waals surface area contributed by atoms with Gasteiger partial charge < -0.3 is 19.9 Å². The molecule has 1 aromatic heterocycles. The lowest BCUT2D eigenvalue weighted by Gasteiger charge is -2.17. The molecule has 0 saturated heterocycles. The standard InChI is InChI=1S/C26H32N4O3/c1-16-13-18(24(32)27-10-9-19(31)15-26(3,4)5)14-17(2)23(16)33-21-8-6-7-20-22(21)29-25-28-11-12-30(20)25/h6-8,13-14H,9-12,15H2,1-5H3,(H,27,32)(H,28,29). The first-order chi connectivity index (χ1) is 15.6. The monoisotopic (exact) mass is 448 g/mol. The van der Waals surface area contributed by atoms with Crippen molar-refractivity contribution < 1.29 is 14.3 Å². The summed E-state index contributed by atoms with van der Waals surface area (Å²) in [5.74, 6) is 2.25. The molecule has 0 radical (unpaired) electrons. The van der Waals surface area contributed by atoms with Crippen LogP contribution in [0.25, 0.3) is 11.0 Å². The van der Waals surface area contributed by atoms with E-state index in [-0.39, 0.29) is 17.1 Å². The highest BCUT2D eigenvalue weighted by Gasteiger charge is 2.20. The third kappa shape index (κ3) is 5.02. The Hall–Kier alpha value is -3.35. The third-order valence-electron chi connectivity index (χ3n) is 5.71. The molecule has 7 heteroatoms. The molecule has 1 aliphatic rings. The predicted molar refractivity (Wildman–Crippen MR) is 130 cm³/mol. The summed E-state index contributed by atoms with van der Waals surface area (Å²) < 4.78 is 8.46. The molecule has 174 valence electrons. The first kappa shape index (κ1) is 22.8. The van der Waals surface area contributed by atoms with Crippen molar-refractivity contribution in [1.82, 2.24) is 14.9 Å². The second-order valence-electron chi connectivity index (χ2n) is 9.96. The van der Waals surface area contributed by atoms with Crippen LogP contribution >= 0.6 is 0 Å². The van der Waals surface area contributed by atoms with Crippen LogP contribution in [0.5, 0.6) is 11.5 Å². The van der Waals surface area contributed by atoms with Gasteiger partial charge in [0.25, 0.3) is 5.91 Å². The number of ether oxygens (including phenoxy) is 1. The van der Waals surface area contributed by atoms with E-state index >= 15 is 0 Å². The van der Waals surface area contributed by atoms with Crippen molar-refractivity contribution in [3.8, 4) is 11.5 Å². The average molecular weight is 449 g/mol. The molecular weight excluding hydrogens is 416 g/mol. The number of ketones is 1. The molecule has 0 aliphatic carbocycles. The molecule has 0 spiro atoms. The van der Waals surface area contributed by atoms with Gasteiger partial charge >= 0.3 is 0 Å². The van der Waals surface area contributed by atoms with E-state index in [0.717, 1.165) is 46.9 Å². The van der Waals surface area contributed by atoms with Gasteiger partial charge in [0.1, 0.15) is 17.0 Å². The lowest BCUT2D eigenvalue weighted by Crippen LogP contribution is -2.27. The van der Waals surface area contributed by atoms with Gasteiger partial charge in [-0.2, -0.15) is 0 Å². The van der Waals surface area contributed by atoms with E-state index in [9.17, 15) is 9.59 Å². The van der Waals surface area contributed by atoms with E-state index in [4.69, 9.17) is 9.72 Å². The molecule has 2 aromatic carbocycles. The number of aryl methyl sites for hydroxylation is 2. The first-order valence-corrected chi connectivity index (χ1v) is 11.4. The Kier molecular flexibility index (Phi) is 6.15. The van der Waals surface area contributed by atoms with Crippen LogP contribution in [-0.2, 0) is 11.3 Å². The summed E-state index contributed by atoms with van der Waals surface area (Å²) in [4.78, 5) is 29.4. The molecule has 0 unspecified atom stereocenters. The Morgan fingerprint density at radius 1 is 1.18 bits per heavy atom. The number of nitrogens with zero attached hydrogens (tertiary/aromatic N) is 2. The van der Waals surface area contributed by atoms with Gasteiger partial charge in [-0.05, 0) is 54.7 Å². The highest BCUT2D eigenvalue weighted by Crippen LogP contribution is 2.35. The highest BCUT2D eigenvalue weighted by molar-refractivity contribution is 5.95. The molecule has 0 bridgehead atoms. The minimum Gasteiger partial charge on any atom is -0.454 e. The number of nitrogens with one attached hydrogen (secondary N) is 2. The quantitative estimate of drug-likeness (QED) is 0.532. The van der Waals surface area contributed by atoms with Crippen molar-refractivity contribution in [3.05, 3.63) is 47.0 Å². The number of fused-ring (bicyclic) bond motifs is 3. The molecule has 1 amide bonds. The molecule has 4 rings (SSSR count). The van der Waals surface area contributed by atoms with Gasteiger partial charge in [-0.1, -0.05) is 26.8 Å². The van der Waals surface area contributed by atoms with Crippen LogP contribution in [0.1, 0.15) is 55.1 Å². The predicted octanol–water partition coefficient (Wildman–Crippen LogP) is 5.00. The summed E-state index contributed by atoms with van der Waals surface area (Å²) in [6.45, 7) is 12.1. The number of hydrogen-bond donors (Lipinski definition) is 2. The summed E-state index contributed by atoms with van der Waals surface area (Å²) in [5.41, 5.74) is 4.11. The van der Waals surface area contributed by atoms with Gasteiger partial charge in [-0.15, -0.1) is 0 Å². The minimum absolute atomic E-state index is 0.0390. The summed E-state index contributed by atoms with van der Waals surface area (Å²) in [6, 6.07) is 9.58. The van der Waals surface area contributed by atoms with Gasteiger partial charge in [-0.25, -0.2) is 4.98 Å². The maximum atomic E-state index is 12.7. The molecule has 3 aromatic rings. The molecular formula is C26H32N4O3. The van der Waals surface area contributed by atoms with E-state index < -0.39 is 0 Å². The van der Waals surface area contributed by atoms with Crippen molar-refractivity contribution >= 4 is 28.7 Å². The normalized spacial score (nSPS) is 13.0. The summed E-state index contributed by atoms with van der Waals surface area (Å²) in [7, 11) is 0. The Balaban J connectivity index is 1.46. The fourth-order valence-electron chi connectivity index (χ4n) is 4.29. The highest BCUT2D eigenvalue weighted by atomic mass is 16.5. The Morgan fingerprint density at radius 2 is 1.91 bits per heavy atom. The number of hydrogen-bond acceptors (Lipinski definition) is 5. The number of imidazole rings is 1. The fraction of sp³-hybridized carbons (Fsp3) is 0.423. The zero-order chi connectivity index (χ0) is 23.8. The summed E-state index contributed by atoms with van der Waals surface area (Å²) in [6.07, 6.45) is 0.853. The maximum Gasteiger partial charge on any atom is 0.251 e. The lowest BCUT2D eigenvalue weighted by molar-refractivity contribution is -0.120. The summed E-state index contributed by atoms with van der Waals surface area (Å²) >= 11 is 0. The second kappa shape index (κ2) is 8.89. The topological polar surface area (TPSA) is 85.2 Å². The Morgan fingerprint density at radius 3 is 2.61 bits per heavy atom. The minimum atomic E-state index is -0.185. The number of carbonyl (C=O) groups excluding carboxylic acids is 2. The van der Waals surface area contributed by atoms with Crippen LogP contribution in [0.4, 0.5) is 5.95 Å². The number of anilines is 1. The number of amides is 1. The molecule has 0 fully saturated rings. The van der Waals surface area contributed by atoms with Gasteiger partial charge in [0, 0.05) is 38.0 Å². The number of Topliss-reactive ketones (excluding diaryl/α,β-unsaturated/α-hetero) is 1. The zero-order valence-electron chi connectivity index (χ0n) is 20.0. The molecule has 0 atom stereocenters. The molecule has 1 aliphatic heterocycles. The van der Waals surface area contributed by atoms with E-state index in [0.29, 0.717) is 30.7 Å². The van der Waals surface area contributed by atoms with Crippen LogP contribution in [0.15, 0.2) is 30.3 Å². The number of carbonyl (C=O) groups is 2. The molecule has 2 N–H and O–H groups in total. The third-order valence-corrected chi connectivity index (χ3v) is 5.71. The lowest BCUT2D eigenvalue weighted by atomic mass is 9.89. The smallest absolute Gasteiger partial charge is 0.251 e. The number of benzene rings is 2. The van der Waals surface area contributed by atoms with Crippen molar-refractivity contribution in [2.24, 2.45) is 5.41 Å². The van der Waals surface area contributed by atoms with Crippen molar-refractivity contribution in [2.75, 3.05) is 18.4 Å². The van der Waals surface area contributed by atoms with Gasteiger partial charge in [0.2, 0.25) is 5.95 Å². The molecule has 2 heterocycles. The van der Waals surface area contributed by atoms with E-state index in [1.54, 1.807) is 0 Å². The van der Waals surface area contributed by atoms with Crippen LogP contribution < -0.4 is 15.4 Å². The van der Waals surface area contributed by atoms with E-state index in [1.165, 1.54) is 0 Å². The number of rotatable bonds is 7. The fourth-order valence-corrected chi connectivity index (χ4v) is 4.29. The zero-order valence-corrected chi connectivity index (χ0v) is 20.0. The Bertz CT molecular complexity index is 1200. The number of para-hydroxylation sites is 1. The van der Waals surface area contributed by atoms with Gasteiger partial charge in [0.15, 0.2) is 5.75 Å². The van der Waals surface area contributed by atoms with E-state index in [2.05, 4.69) is 15.2 Å². The van der Waals surface area contributed by atoms with Crippen molar-refractivity contribution in [1.29, 1.82) is 0 Å². The van der Waals surface area contributed by atoms with Crippen molar-refractivity contribution in [3.63, 3.8) is 0 Å². The second-order valence-corrected chi connectivity index (χ2v) is 9.96. The van der Waals surface area contributed by atoms with Crippen LogP contribution in [0.2, 0.25) is 0 Å². The van der Waals surface area contributed by atoms with Crippen LogP contribution in [0, 0.1) is 19.3 Å². The Labute approximate surface area is 194 Å². The van der Waals surface area contributed by atoms with Crippen LogP contribution in [0.3, 0.4) is 0 Å². The first-order valence-electron chi connectivity index (χ1n) is 11.4. The van der Waals surface area contributed by atoms with Gasteiger partial charge in [-0.3, -0.25) is 9.59 Å². The van der Waals surface area contributed by atoms with Crippen molar-refractivity contribution in [2.45, 2.75) is 54.0 Å². The SMILES string of the molecule is Cc1cc(C(=O)NCCC(=O)CC(C)(C)C)cc(C)c1Oc1cccc2c1nc1n2CCN1. The van der Waals surface area contributed by atoms with Gasteiger partial charge in [0.05, 0.1) is 5.52 Å². The van der Waals surface area contributed by atoms with E-state index in [1.807, 2.05) is 65.0 Å². The average Bonchev–Trinajstić information content (AvgIpc) is 3.31. The summed E-state index contributed by atoms with van der Waals surface area (Å²) in [5, 5.41) is 6.15. The molecule has 0 saturated carbocycles. The van der Waals surface area contributed by atoms with Crippen LogP contribution in [-0.4, -0.2) is 34.3 Å². The molecule has 33 heavy (non-hydrogen) atoms. The molecule has 7 nitrogen and oxygen atoms in total.